The van der Waals surface area contributed by atoms with Gasteiger partial charge in [-0.15, -0.1) is 10.2 Å². The Kier molecular flexibility index (Phi) is 4.43. The van der Waals surface area contributed by atoms with Gasteiger partial charge in [0.1, 0.15) is 17.3 Å². The van der Waals surface area contributed by atoms with E-state index >= 15 is 0 Å². The molecule has 1 aliphatic carbocycles. The Bertz CT molecular complexity index is 972. The van der Waals surface area contributed by atoms with Crippen molar-refractivity contribution in [1.29, 1.82) is 0 Å². The van der Waals surface area contributed by atoms with Crippen molar-refractivity contribution in [2.75, 3.05) is 0 Å². The second-order valence-corrected chi connectivity index (χ2v) is 7.83. The molecule has 2 aliphatic rings. The molecule has 3 aromatic rings. The number of hydrogen-bond acceptors (Lipinski definition) is 4. The Balaban J connectivity index is 1.23. The zero-order valence-corrected chi connectivity index (χ0v) is 15.8. The van der Waals surface area contributed by atoms with Gasteiger partial charge < -0.3 is 9.88 Å². The standard InChI is InChI=1S/C21H24N6O/c28-21(18-13-17(23-24-18)15-6-7-15)22-16-8-9-19-25-26-20(27(19)11-10-16)12-14-4-2-1-3-5-14/h1-5,13,15-16H,6-12H2,(H,22,28)(H,23,24). The minimum Gasteiger partial charge on any atom is -0.348 e. The lowest BCUT2D eigenvalue weighted by molar-refractivity contribution is 0.0928. The molecule has 1 saturated carbocycles. The Morgan fingerprint density at radius 3 is 2.82 bits per heavy atom. The molecule has 28 heavy (non-hydrogen) atoms. The van der Waals surface area contributed by atoms with E-state index in [-0.39, 0.29) is 11.9 Å². The second kappa shape index (κ2) is 7.22. The third kappa shape index (κ3) is 3.56. The maximum absolute atomic E-state index is 12.6. The summed E-state index contributed by atoms with van der Waals surface area (Å²) in [5, 5.41) is 19.2. The number of hydrogen-bond donors (Lipinski definition) is 2. The number of H-pyrrole nitrogens is 1. The summed E-state index contributed by atoms with van der Waals surface area (Å²) >= 11 is 0. The number of rotatable bonds is 5. The number of aromatic nitrogens is 5. The molecule has 0 bridgehead atoms. The van der Waals surface area contributed by atoms with Crippen LogP contribution >= 0.6 is 0 Å². The molecule has 5 rings (SSSR count). The van der Waals surface area contributed by atoms with Crippen LogP contribution in [-0.2, 0) is 19.4 Å². The van der Waals surface area contributed by atoms with E-state index in [0.717, 1.165) is 49.6 Å². The molecule has 0 spiro atoms. The van der Waals surface area contributed by atoms with E-state index in [1.807, 2.05) is 24.3 Å². The van der Waals surface area contributed by atoms with Gasteiger partial charge in [-0.2, -0.15) is 5.10 Å². The average Bonchev–Trinajstić information content (AvgIpc) is 3.38. The summed E-state index contributed by atoms with van der Waals surface area (Å²) in [5.74, 6) is 2.49. The summed E-state index contributed by atoms with van der Waals surface area (Å²) in [7, 11) is 0. The molecule has 2 N–H and O–H groups in total. The smallest absolute Gasteiger partial charge is 0.271 e. The third-order valence-electron chi connectivity index (χ3n) is 5.71. The fourth-order valence-electron chi connectivity index (χ4n) is 3.92. The van der Waals surface area contributed by atoms with Crippen molar-refractivity contribution < 1.29 is 4.79 Å². The van der Waals surface area contributed by atoms with Crippen molar-refractivity contribution >= 4 is 5.91 Å². The van der Waals surface area contributed by atoms with E-state index in [2.05, 4.69) is 42.4 Å². The van der Waals surface area contributed by atoms with Crippen molar-refractivity contribution in [3.63, 3.8) is 0 Å². The summed E-state index contributed by atoms with van der Waals surface area (Å²) in [6.45, 7) is 0.823. The summed E-state index contributed by atoms with van der Waals surface area (Å²) in [4.78, 5) is 12.6. The van der Waals surface area contributed by atoms with E-state index < -0.39 is 0 Å². The van der Waals surface area contributed by atoms with Gasteiger partial charge in [0.2, 0.25) is 0 Å². The van der Waals surface area contributed by atoms with Crippen molar-refractivity contribution in [2.24, 2.45) is 0 Å². The molecule has 1 aromatic carbocycles. The molecule has 0 radical (unpaired) electrons. The van der Waals surface area contributed by atoms with E-state index in [0.29, 0.717) is 11.6 Å². The summed E-state index contributed by atoms with van der Waals surface area (Å²) in [5.41, 5.74) is 2.81. The first-order valence-corrected chi connectivity index (χ1v) is 10.1. The van der Waals surface area contributed by atoms with Gasteiger partial charge >= 0.3 is 0 Å². The maximum atomic E-state index is 12.6. The predicted molar refractivity (Wildman–Crippen MR) is 104 cm³/mol. The largest absolute Gasteiger partial charge is 0.348 e. The molecule has 2 aromatic heterocycles. The maximum Gasteiger partial charge on any atom is 0.271 e. The number of aromatic amines is 1. The quantitative estimate of drug-likeness (QED) is 0.716. The Labute approximate surface area is 163 Å². The number of nitrogens with one attached hydrogen (secondary N) is 2. The minimum atomic E-state index is -0.0877. The first-order chi connectivity index (χ1) is 13.8. The van der Waals surface area contributed by atoms with E-state index in [1.54, 1.807) is 0 Å². The van der Waals surface area contributed by atoms with Gasteiger partial charge in [-0.1, -0.05) is 30.3 Å². The molecule has 1 unspecified atom stereocenters. The van der Waals surface area contributed by atoms with Crippen LogP contribution in [0.1, 0.15) is 65.0 Å². The molecule has 1 amide bonds. The van der Waals surface area contributed by atoms with Gasteiger partial charge in [-0.05, 0) is 37.3 Å². The highest BCUT2D eigenvalue weighted by molar-refractivity contribution is 5.92. The van der Waals surface area contributed by atoms with Crippen LogP contribution in [-0.4, -0.2) is 36.9 Å². The number of fused-ring (bicyclic) bond motifs is 1. The molecule has 7 heteroatoms. The molecular weight excluding hydrogens is 352 g/mol. The molecule has 7 nitrogen and oxygen atoms in total. The first kappa shape index (κ1) is 17.2. The number of aryl methyl sites for hydroxylation is 1. The molecule has 144 valence electrons. The lowest BCUT2D eigenvalue weighted by Gasteiger charge is -2.15. The number of amides is 1. The van der Waals surface area contributed by atoms with E-state index in [9.17, 15) is 4.79 Å². The van der Waals surface area contributed by atoms with Crippen molar-refractivity contribution in [3.8, 4) is 0 Å². The Morgan fingerprint density at radius 1 is 1.14 bits per heavy atom. The van der Waals surface area contributed by atoms with Crippen molar-refractivity contribution in [2.45, 2.75) is 57.0 Å². The molecule has 0 saturated heterocycles. The van der Waals surface area contributed by atoms with Gasteiger partial charge in [-0.25, -0.2) is 0 Å². The van der Waals surface area contributed by atoms with Crippen LogP contribution in [0.15, 0.2) is 36.4 Å². The van der Waals surface area contributed by atoms with Gasteiger partial charge in [0.25, 0.3) is 5.91 Å². The van der Waals surface area contributed by atoms with Gasteiger partial charge in [0.15, 0.2) is 0 Å². The zero-order valence-electron chi connectivity index (χ0n) is 15.8. The number of nitrogens with zero attached hydrogens (tertiary/aromatic N) is 4. The lowest BCUT2D eigenvalue weighted by atomic mass is 10.1. The lowest BCUT2D eigenvalue weighted by Crippen LogP contribution is -2.35. The van der Waals surface area contributed by atoms with Gasteiger partial charge in [0, 0.05) is 37.0 Å². The molecule has 1 aliphatic heterocycles. The van der Waals surface area contributed by atoms with Crippen LogP contribution in [0.3, 0.4) is 0 Å². The summed E-state index contributed by atoms with van der Waals surface area (Å²) in [6, 6.07) is 12.4. The van der Waals surface area contributed by atoms with Gasteiger partial charge in [0.05, 0.1) is 0 Å². The predicted octanol–water partition coefficient (Wildman–Crippen LogP) is 2.60. The van der Waals surface area contributed by atoms with Crippen LogP contribution in [0.2, 0.25) is 0 Å². The molecule has 1 atom stereocenters. The minimum absolute atomic E-state index is 0.0877. The highest BCUT2D eigenvalue weighted by Crippen LogP contribution is 2.39. The Hall–Kier alpha value is -2.96. The van der Waals surface area contributed by atoms with E-state index in [4.69, 9.17) is 0 Å². The van der Waals surface area contributed by atoms with Crippen molar-refractivity contribution in [3.05, 3.63) is 65.0 Å². The zero-order chi connectivity index (χ0) is 18.9. The second-order valence-electron chi connectivity index (χ2n) is 7.83. The topological polar surface area (TPSA) is 88.5 Å². The summed E-state index contributed by atoms with van der Waals surface area (Å²) in [6.07, 6.45) is 5.73. The fraction of sp³-hybridized carbons (Fsp3) is 0.429. The van der Waals surface area contributed by atoms with Crippen LogP contribution in [0.5, 0.6) is 0 Å². The number of benzene rings is 1. The highest BCUT2D eigenvalue weighted by Gasteiger charge is 2.27. The molecule has 1 fully saturated rings. The van der Waals surface area contributed by atoms with Gasteiger partial charge in [-0.3, -0.25) is 9.89 Å². The van der Waals surface area contributed by atoms with Crippen LogP contribution in [0.4, 0.5) is 0 Å². The monoisotopic (exact) mass is 376 g/mol. The van der Waals surface area contributed by atoms with Crippen LogP contribution in [0, 0.1) is 0 Å². The first-order valence-electron chi connectivity index (χ1n) is 10.1. The highest BCUT2D eigenvalue weighted by atomic mass is 16.2. The van der Waals surface area contributed by atoms with Crippen LogP contribution in [0.25, 0.3) is 0 Å². The van der Waals surface area contributed by atoms with Crippen LogP contribution < -0.4 is 5.32 Å². The Morgan fingerprint density at radius 2 is 2.00 bits per heavy atom. The normalized spacial score (nSPS) is 19.1. The van der Waals surface area contributed by atoms with Crippen molar-refractivity contribution in [1.82, 2.24) is 30.3 Å². The van der Waals surface area contributed by atoms with E-state index in [1.165, 1.54) is 18.4 Å². The third-order valence-corrected chi connectivity index (χ3v) is 5.71. The number of carbonyl (C=O) groups is 1. The fourth-order valence-corrected chi connectivity index (χ4v) is 3.92. The summed E-state index contributed by atoms with van der Waals surface area (Å²) < 4.78 is 2.22. The number of carbonyl (C=O) groups excluding carboxylic acids is 1. The average molecular weight is 376 g/mol. The molecule has 3 heterocycles. The SMILES string of the molecule is O=C(NC1CCc2nnc(Cc3ccccc3)n2CC1)c1cc(C2CC2)[nH]n1. The molecular formula is C21H24N6O.